The molecule has 0 atom stereocenters. The van der Waals surface area contributed by atoms with E-state index in [1.807, 2.05) is 19.9 Å². The molecule has 1 aliphatic rings. The van der Waals surface area contributed by atoms with Gasteiger partial charge in [0.15, 0.2) is 5.82 Å². The first kappa shape index (κ1) is 16.5. The van der Waals surface area contributed by atoms with Gasteiger partial charge in [0, 0.05) is 35.8 Å². The topological polar surface area (TPSA) is 44.3 Å². The summed E-state index contributed by atoms with van der Waals surface area (Å²) in [6.45, 7) is 4.62. The molecule has 0 saturated carbocycles. The number of H-pyrrole nitrogens is 1. The van der Waals surface area contributed by atoms with Crippen molar-refractivity contribution in [2.24, 2.45) is 4.99 Å². The zero-order chi connectivity index (χ0) is 17.1. The number of hydrogen-bond donors (Lipinski definition) is 1. The highest BCUT2D eigenvalue weighted by Crippen LogP contribution is 2.27. The Morgan fingerprint density at radius 3 is 2.71 bits per heavy atom. The van der Waals surface area contributed by atoms with Crippen molar-refractivity contribution in [2.75, 3.05) is 12.5 Å². The maximum atomic E-state index is 13.2. The zero-order valence-corrected chi connectivity index (χ0v) is 14.3. The second-order valence-electron chi connectivity index (χ2n) is 5.70. The van der Waals surface area contributed by atoms with Crippen molar-refractivity contribution in [1.82, 2.24) is 15.1 Å². The van der Waals surface area contributed by atoms with Crippen LogP contribution >= 0.6 is 11.6 Å². The van der Waals surface area contributed by atoms with Gasteiger partial charge in [-0.3, -0.25) is 5.10 Å². The third kappa shape index (κ3) is 3.57. The van der Waals surface area contributed by atoms with Gasteiger partial charge in [0.05, 0.1) is 6.00 Å². The first-order chi connectivity index (χ1) is 11.6. The highest BCUT2D eigenvalue weighted by molar-refractivity contribution is 6.17. The number of allylic oxidation sites excluding steroid dienone is 3. The summed E-state index contributed by atoms with van der Waals surface area (Å²) in [5.41, 5.74) is 5.01. The van der Waals surface area contributed by atoms with Gasteiger partial charge in [-0.05, 0) is 43.2 Å². The van der Waals surface area contributed by atoms with E-state index in [1.54, 1.807) is 18.3 Å². The van der Waals surface area contributed by atoms with Crippen LogP contribution in [0.5, 0.6) is 0 Å². The van der Waals surface area contributed by atoms with E-state index in [4.69, 9.17) is 11.6 Å². The summed E-state index contributed by atoms with van der Waals surface area (Å²) in [7, 11) is 0. The smallest absolute Gasteiger partial charge is 0.173 e. The Morgan fingerprint density at radius 1 is 1.33 bits per heavy atom. The van der Waals surface area contributed by atoms with Crippen LogP contribution in [0.1, 0.15) is 18.2 Å². The molecule has 1 N–H and O–H groups in total. The number of alkyl halides is 1. The van der Waals surface area contributed by atoms with E-state index in [2.05, 4.69) is 26.2 Å². The number of aromatic amines is 1. The van der Waals surface area contributed by atoms with Gasteiger partial charge in [-0.25, -0.2) is 9.38 Å². The molecule has 1 aromatic heterocycles. The van der Waals surface area contributed by atoms with Crippen LogP contribution in [-0.4, -0.2) is 33.9 Å². The number of aromatic nitrogens is 2. The number of nitrogens with zero attached hydrogens (tertiary/aromatic N) is 3. The molecule has 4 nitrogen and oxygen atoms in total. The number of halogens is 2. The highest BCUT2D eigenvalue weighted by Gasteiger charge is 2.17. The summed E-state index contributed by atoms with van der Waals surface area (Å²) in [5, 5.41) is 6.97. The molecule has 2 heterocycles. The van der Waals surface area contributed by atoms with E-state index < -0.39 is 0 Å². The van der Waals surface area contributed by atoms with E-state index in [0.717, 1.165) is 28.1 Å². The van der Waals surface area contributed by atoms with E-state index in [9.17, 15) is 4.39 Å². The number of hydrogen-bond acceptors (Lipinski definition) is 3. The molecule has 2 aromatic rings. The van der Waals surface area contributed by atoms with Crippen molar-refractivity contribution < 1.29 is 4.39 Å². The van der Waals surface area contributed by atoms with Crippen LogP contribution in [-0.2, 0) is 0 Å². The van der Waals surface area contributed by atoms with Crippen molar-refractivity contribution in [3.8, 4) is 0 Å². The number of nitrogens with one attached hydrogen (secondary N) is 1. The van der Waals surface area contributed by atoms with Crippen molar-refractivity contribution in [1.29, 1.82) is 0 Å². The highest BCUT2D eigenvalue weighted by atomic mass is 35.5. The third-order valence-electron chi connectivity index (χ3n) is 3.97. The molecule has 0 unspecified atom stereocenters. The van der Waals surface area contributed by atoms with Gasteiger partial charge in [-0.2, -0.15) is 5.10 Å². The van der Waals surface area contributed by atoms with Crippen LogP contribution in [0.4, 0.5) is 10.2 Å². The van der Waals surface area contributed by atoms with Gasteiger partial charge in [0.2, 0.25) is 0 Å². The molecule has 0 amide bonds. The van der Waals surface area contributed by atoms with E-state index in [1.165, 1.54) is 12.1 Å². The minimum Gasteiger partial charge on any atom is -0.356 e. The number of aliphatic imine (C=N–C) groups is 1. The number of aryl methyl sites for hydroxylation is 1. The number of rotatable bonds is 4. The average Bonchev–Trinajstić information content (AvgIpc) is 3.00. The lowest BCUT2D eigenvalue weighted by Crippen LogP contribution is -2.26. The SMILES string of the molecule is CC1=C(C=Nc2cc(C)[nH]n2)C=C(c2ccc(F)cc2)CN1CCl. The Hall–Kier alpha value is -2.40. The fourth-order valence-corrected chi connectivity index (χ4v) is 2.82. The molecule has 1 aromatic carbocycles. The molecule has 0 fully saturated rings. The van der Waals surface area contributed by atoms with Crippen LogP contribution in [0.3, 0.4) is 0 Å². The molecule has 0 aliphatic carbocycles. The summed E-state index contributed by atoms with van der Waals surface area (Å²) in [5.74, 6) is 0.388. The van der Waals surface area contributed by atoms with Crippen LogP contribution < -0.4 is 0 Å². The van der Waals surface area contributed by atoms with Gasteiger partial charge in [0.1, 0.15) is 5.82 Å². The lowest BCUT2D eigenvalue weighted by Gasteiger charge is -2.29. The monoisotopic (exact) mass is 344 g/mol. The van der Waals surface area contributed by atoms with Crippen molar-refractivity contribution >= 4 is 29.2 Å². The van der Waals surface area contributed by atoms with Crippen LogP contribution in [0, 0.1) is 12.7 Å². The molecule has 0 bridgehead atoms. The Labute approximate surface area is 145 Å². The van der Waals surface area contributed by atoms with Gasteiger partial charge in [-0.15, -0.1) is 11.6 Å². The largest absolute Gasteiger partial charge is 0.356 e. The molecular weight excluding hydrogens is 327 g/mol. The Morgan fingerprint density at radius 2 is 2.08 bits per heavy atom. The molecule has 24 heavy (non-hydrogen) atoms. The van der Waals surface area contributed by atoms with Gasteiger partial charge in [0.25, 0.3) is 0 Å². The molecule has 124 valence electrons. The second-order valence-corrected chi connectivity index (χ2v) is 5.94. The normalized spacial score (nSPS) is 15.3. The van der Waals surface area contributed by atoms with Crippen LogP contribution in [0.25, 0.3) is 5.57 Å². The predicted octanol–water partition coefficient (Wildman–Crippen LogP) is 4.43. The standard InChI is InChI=1S/C18H18ClFN4/c1-12-7-18(23-22-12)21-9-15-8-16(10-24(11-19)13(15)2)14-3-5-17(20)6-4-14/h3-9H,10-11H2,1-2H3,(H,22,23). The Kier molecular flexibility index (Phi) is 4.81. The summed E-state index contributed by atoms with van der Waals surface area (Å²) in [4.78, 5) is 6.47. The minimum absolute atomic E-state index is 0.244. The van der Waals surface area contributed by atoms with Gasteiger partial charge >= 0.3 is 0 Å². The third-order valence-corrected chi connectivity index (χ3v) is 4.26. The van der Waals surface area contributed by atoms with Crippen molar-refractivity contribution in [3.05, 3.63) is 64.8 Å². The second kappa shape index (κ2) is 7.01. The first-order valence-electron chi connectivity index (χ1n) is 7.61. The fourth-order valence-electron chi connectivity index (χ4n) is 2.55. The predicted molar refractivity (Wildman–Crippen MR) is 96.0 cm³/mol. The Balaban J connectivity index is 1.94. The average molecular weight is 345 g/mol. The maximum Gasteiger partial charge on any atom is 0.173 e. The summed E-state index contributed by atoms with van der Waals surface area (Å²) < 4.78 is 13.2. The molecular formula is C18H18ClFN4. The molecule has 0 radical (unpaired) electrons. The zero-order valence-electron chi connectivity index (χ0n) is 13.6. The van der Waals surface area contributed by atoms with E-state index >= 15 is 0 Å². The molecule has 1 aliphatic heterocycles. The Bertz CT molecular complexity index is 818. The molecule has 0 saturated heterocycles. The van der Waals surface area contributed by atoms with Crippen LogP contribution in [0.2, 0.25) is 0 Å². The maximum absolute atomic E-state index is 13.2. The minimum atomic E-state index is -0.244. The van der Waals surface area contributed by atoms with Crippen molar-refractivity contribution in [2.45, 2.75) is 13.8 Å². The molecule has 0 spiro atoms. The summed E-state index contributed by atoms with van der Waals surface area (Å²) in [6, 6.07) is 8.74. The first-order valence-corrected chi connectivity index (χ1v) is 8.14. The lowest BCUT2D eigenvalue weighted by molar-refractivity contribution is 0.443. The molecule has 3 rings (SSSR count). The fraction of sp³-hybridized carbons (Fsp3) is 0.222. The van der Waals surface area contributed by atoms with Gasteiger partial charge in [-0.1, -0.05) is 12.1 Å². The van der Waals surface area contributed by atoms with Gasteiger partial charge < -0.3 is 4.90 Å². The summed E-state index contributed by atoms with van der Waals surface area (Å²) >= 11 is 6.08. The van der Waals surface area contributed by atoms with E-state index in [0.29, 0.717) is 18.4 Å². The van der Waals surface area contributed by atoms with Crippen LogP contribution in [0.15, 0.2) is 52.7 Å². The lowest BCUT2D eigenvalue weighted by atomic mass is 9.98. The summed E-state index contributed by atoms with van der Waals surface area (Å²) in [6.07, 6.45) is 3.85. The van der Waals surface area contributed by atoms with E-state index in [-0.39, 0.29) is 5.82 Å². The molecule has 6 heteroatoms. The number of benzene rings is 1. The van der Waals surface area contributed by atoms with Crippen molar-refractivity contribution in [3.63, 3.8) is 0 Å². The quantitative estimate of drug-likeness (QED) is 0.506.